The Bertz CT molecular complexity index is 1020. The van der Waals surface area contributed by atoms with Crippen LogP contribution in [0.5, 0.6) is 0 Å². The first-order valence-electron chi connectivity index (χ1n) is 9.57. The molecule has 0 spiro atoms. The third-order valence-corrected chi connectivity index (χ3v) is 6.54. The quantitative estimate of drug-likeness (QED) is 0.623. The summed E-state index contributed by atoms with van der Waals surface area (Å²) in [6.07, 6.45) is 1.79. The molecule has 8 heteroatoms. The van der Waals surface area contributed by atoms with Gasteiger partial charge in [-0.1, -0.05) is 66.7 Å². The number of aryl methyl sites for hydroxylation is 1. The smallest absolute Gasteiger partial charge is 0.240 e. The maximum Gasteiger partial charge on any atom is 0.240 e. The Morgan fingerprint density at radius 2 is 2.00 bits per heavy atom. The summed E-state index contributed by atoms with van der Waals surface area (Å²) >= 11 is 7.64. The van der Waals surface area contributed by atoms with Crippen molar-refractivity contribution in [3.63, 3.8) is 0 Å². The molecule has 4 rings (SSSR count). The highest BCUT2D eigenvalue weighted by atomic mass is 35.5. The maximum atomic E-state index is 13.3. The molecule has 0 radical (unpaired) electrons. The molecule has 29 heavy (non-hydrogen) atoms. The third kappa shape index (κ3) is 3.97. The monoisotopic (exact) mass is 427 g/mol. The van der Waals surface area contributed by atoms with Gasteiger partial charge in [-0.05, 0) is 36.6 Å². The van der Waals surface area contributed by atoms with Crippen LogP contribution in [-0.4, -0.2) is 26.0 Å². The van der Waals surface area contributed by atoms with E-state index < -0.39 is 5.25 Å². The minimum Gasteiger partial charge on any atom is -0.325 e. The van der Waals surface area contributed by atoms with Crippen molar-refractivity contribution in [1.29, 1.82) is 0 Å². The normalized spacial score (nSPS) is 18.0. The molecule has 6 nitrogen and oxygen atoms in total. The lowest BCUT2D eigenvalue weighted by atomic mass is 10.0. The van der Waals surface area contributed by atoms with E-state index in [-0.39, 0.29) is 11.9 Å². The molecule has 0 bridgehead atoms. The van der Waals surface area contributed by atoms with Gasteiger partial charge in [0.15, 0.2) is 5.82 Å². The summed E-state index contributed by atoms with van der Waals surface area (Å²) in [4.78, 5) is 13.3. The van der Waals surface area contributed by atoms with Gasteiger partial charge in [0.25, 0.3) is 0 Å². The number of halogens is 1. The maximum absolute atomic E-state index is 13.3. The molecular formula is C21H22ClN5OS. The number of benzene rings is 2. The number of aromatic nitrogens is 3. The zero-order valence-electron chi connectivity index (χ0n) is 16.2. The van der Waals surface area contributed by atoms with Gasteiger partial charge < -0.3 is 10.7 Å². The van der Waals surface area contributed by atoms with Crippen LogP contribution in [0.25, 0.3) is 0 Å². The number of hydrogen-bond acceptors (Lipinski definition) is 5. The number of carbonyl (C=O) groups excluding carboxylic acids is 1. The molecule has 1 amide bonds. The van der Waals surface area contributed by atoms with Gasteiger partial charge in [-0.25, -0.2) is 4.68 Å². The fraction of sp³-hybridized carbons (Fsp3) is 0.286. The largest absolute Gasteiger partial charge is 0.325 e. The second-order valence-electron chi connectivity index (χ2n) is 6.94. The fourth-order valence-corrected chi connectivity index (χ4v) is 4.61. The standard InChI is InChI=1S/C21H22ClN5OS/c1-3-8-17-24-25-21-27(17)26-18(14-9-5-4-6-10-14)19(29-21)20(28)23-16-12-7-11-15(22)13(16)2/h4-7,9-12,18-19,26H,3,8H2,1-2H3,(H,23,28)/t18-,19+/m0/s1. The van der Waals surface area contributed by atoms with Crippen LogP contribution in [0.3, 0.4) is 0 Å². The van der Waals surface area contributed by atoms with Crippen molar-refractivity contribution in [3.8, 4) is 0 Å². The van der Waals surface area contributed by atoms with E-state index in [0.29, 0.717) is 15.9 Å². The summed E-state index contributed by atoms with van der Waals surface area (Å²) < 4.78 is 1.92. The van der Waals surface area contributed by atoms with E-state index >= 15 is 0 Å². The predicted octanol–water partition coefficient (Wildman–Crippen LogP) is 4.59. The number of thioether (sulfide) groups is 1. The molecule has 0 aliphatic carbocycles. The predicted molar refractivity (Wildman–Crippen MR) is 117 cm³/mol. The molecule has 0 fully saturated rings. The molecule has 150 valence electrons. The number of nitrogens with one attached hydrogen (secondary N) is 2. The summed E-state index contributed by atoms with van der Waals surface area (Å²) in [6.45, 7) is 4.00. The average molecular weight is 428 g/mol. The van der Waals surface area contributed by atoms with Gasteiger partial charge >= 0.3 is 0 Å². The number of anilines is 1. The number of rotatable bonds is 5. The van der Waals surface area contributed by atoms with E-state index in [2.05, 4.69) is 27.9 Å². The van der Waals surface area contributed by atoms with Crippen LogP contribution in [0, 0.1) is 6.92 Å². The lowest BCUT2D eigenvalue weighted by Crippen LogP contribution is -2.41. The second-order valence-corrected chi connectivity index (χ2v) is 8.46. The molecular weight excluding hydrogens is 406 g/mol. The highest BCUT2D eigenvalue weighted by Crippen LogP contribution is 2.38. The Morgan fingerprint density at radius 3 is 2.76 bits per heavy atom. The van der Waals surface area contributed by atoms with Gasteiger partial charge in [0.2, 0.25) is 11.1 Å². The molecule has 2 heterocycles. The minimum atomic E-state index is -0.415. The number of fused-ring (bicyclic) bond motifs is 1. The Labute approximate surface area is 179 Å². The topological polar surface area (TPSA) is 71.8 Å². The Balaban J connectivity index is 1.67. The van der Waals surface area contributed by atoms with Crippen molar-refractivity contribution in [2.24, 2.45) is 0 Å². The summed E-state index contributed by atoms with van der Waals surface area (Å²) in [5, 5.41) is 12.5. The molecule has 2 N–H and O–H groups in total. The number of nitrogens with zero attached hydrogens (tertiary/aromatic N) is 3. The van der Waals surface area contributed by atoms with Crippen LogP contribution < -0.4 is 10.7 Å². The Kier molecular flexibility index (Phi) is 5.78. The molecule has 1 aliphatic rings. The first-order valence-corrected chi connectivity index (χ1v) is 10.8. The van der Waals surface area contributed by atoms with E-state index in [1.54, 1.807) is 0 Å². The van der Waals surface area contributed by atoms with Crippen molar-refractivity contribution < 1.29 is 4.79 Å². The number of amides is 1. The van der Waals surface area contributed by atoms with E-state index in [9.17, 15) is 4.79 Å². The van der Waals surface area contributed by atoms with Crippen LogP contribution in [0.15, 0.2) is 53.7 Å². The summed E-state index contributed by atoms with van der Waals surface area (Å²) in [5.41, 5.74) is 6.07. The van der Waals surface area contributed by atoms with Crippen LogP contribution in [0.2, 0.25) is 5.02 Å². The zero-order valence-corrected chi connectivity index (χ0v) is 17.8. The van der Waals surface area contributed by atoms with Gasteiger partial charge in [-0.2, -0.15) is 0 Å². The zero-order chi connectivity index (χ0) is 20.4. The van der Waals surface area contributed by atoms with Crippen LogP contribution in [0.1, 0.15) is 36.3 Å². The van der Waals surface area contributed by atoms with Crippen molar-refractivity contribution in [3.05, 3.63) is 70.5 Å². The molecule has 0 saturated carbocycles. The Morgan fingerprint density at radius 1 is 1.21 bits per heavy atom. The lowest BCUT2D eigenvalue weighted by molar-refractivity contribution is -0.116. The molecule has 1 aliphatic heterocycles. The van der Waals surface area contributed by atoms with Gasteiger partial charge in [0.1, 0.15) is 5.25 Å². The number of hydrogen-bond donors (Lipinski definition) is 2. The van der Waals surface area contributed by atoms with E-state index in [1.807, 2.05) is 60.1 Å². The van der Waals surface area contributed by atoms with Gasteiger partial charge in [0.05, 0.1) is 6.04 Å². The summed E-state index contributed by atoms with van der Waals surface area (Å²) in [5.74, 6) is 0.772. The van der Waals surface area contributed by atoms with E-state index in [1.165, 1.54) is 11.8 Å². The molecule has 2 atom stereocenters. The van der Waals surface area contributed by atoms with E-state index in [4.69, 9.17) is 11.6 Å². The van der Waals surface area contributed by atoms with Crippen LogP contribution in [0.4, 0.5) is 5.69 Å². The Hall–Kier alpha value is -2.51. The first kappa shape index (κ1) is 19.8. The highest BCUT2D eigenvalue weighted by Gasteiger charge is 2.37. The average Bonchev–Trinajstić information content (AvgIpc) is 3.13. The van der Waals surface area contributed by atoms with E-state index in [0.717, 1.165) is 29.8 Å². The van der Waals surface area contributed by atoms with Gasteiger partial charge in [0, 0.05) is 17.1 Å². The van der Waals surface area contributed by atoms with Gasteiger partial charge in [-0.3, -0.25) is 4.79 Å². The van der Waals surface area contributed by atoms with Crippen molar-refractivity contribution in [2.75, 3.05) is 10.7 Å². The second kappa shape index (κ2) is 8.47. The molecule has 0 unspecified atom stereocenters. The minimum absolute atomic E-state index is 0.104. The number of carbonyl (C=O) groups is 1. The fourth-order valence-electron chi connectivity index (χ4n) is 3.34. The molecule has 1 aromatic heterocycles. The summed E-state index contributed by atoms with van der Waals surface area (Å²) in [7, 11) is 0. The van der Waals surface area contributed by atoms with Crippen molar-refractivity contribution in [1.82, 2.24) is 14.9 Å². The van der Waals surface area contributed by atoms with Crippen LogP contribution >= 0.6 is 23.4 Å². The van der Waals surface area contributed by atoms with Crippen LogP contribution in [-0.2, 0) is 11.2 Å². The SMILES string of the molecule is CCCc1nnc2n1N[C@@H](c1ccccc1)[C@H](C(=O)Nc1cccc(Cl)c1C)S2. The van der Waals surface area contributed by atoms with Crippen molar-refractivity contribution in [2.45, 2.75) is 43.1 Å². The third-order valence-electron chi connectivity index (χ3n) is 4.92. The first-order chi connectivity index (χ1) is 14.1. The molecule has 3 aromatic rings. The highest BCUT2D eigenvalue weighted by molar-refractivity contribution is 8.00. The van der Waals surface area contributed by atoms with Crippen molar-refractivity contribution >= 4 is 35.0 Å². The molecule has 0 saturated heterocycles. The van der Waals surface area contributed by atoms with Gasteiger partial charge in [-0.15, -0.1) is 10.2 Å². The lowest BCUT2D eigenvalue weighted by Gasteiger charge is -2.33. The molecule has 2 aromatic carbocycles. The summed E-state index contributed by atoms with van der Waals surface area (Å²) in [6, 6.07) is 15.3.